The number of alkyl halides is 7. The van der Waals surface area contributed by atoms with E-state index in [1.54, 1.807) is 13.0 Å². The molecule has 0 aliphatic heterocycles. The second-order valence-electron chi connectivity index (χ2n) is 8.60. The average Bonchev–Trinajstić information content (AvgIpc) is 3.57. The van der Waals surface area contributed by atoms with E-state index in [4.69, 9.17) is 17.4 Å². The van der Waals surface area contributed by atoms with E-state index in [0.29, 0.717) is 9.13 Å². The lowest BCUT2D eigenvalue weighted by Crippen LogP contribution is -2.50. The van der Waals surface area contributed by atoms with Gasteiger partial charge in [0.1, 0.15) is 12.2 Å². The van der Waals surface area contributed by atoms with Crippen molar-refractivity contribution >= 4 is 51.7 Å². The molecule has 0 aliphatic rings. The predicted octanol–water partition coefficient (Wildman–Crippen LogP) is 4.01. The van der Waals surface area contributed by atoms with Crippen LogP contribution in [0.2, 0.25) is 5.02 Å². The number of nitrogens with two attached hydrogens (primary N) is 1. The maximum absolute atomic E-state index is 14.0. The van der Waals surface area contributed by atoms with E-state index in [1.165, 1.54) is 24.4 Å². The summed E-state index contributed by atoms with van der Waals surface area (Å²) in [6, 6.07) is 7.09. The van der Waals surface area contributed by atoms with Crippen LogP contribution in [0.3, 0.4) is 0 Å². The van der Waals surface area contributed by atoms with Gasteiger partial charge in [0.25, 0.3) is 17.6 Å². The van der Waals surface area contributed by atoms with Crippen molar-refractivity contribution in [2.75, 3.05) is 5.32 Å². The number of carbonyl (C=O) groups excluding carboxylic acids is 2. The summed E-state index contributed by atoms with van der Waals surface area (Å²) in [4.78, 5) is 30.2. The predicted molar refractivity (Wildman–Crippen MR) is 142 cm³/mol. The average molecular weight is 747 g/mol. The van der Waals surface area contributed by atoms with Crippen LogP contribution >= 0.6 is 34.2 Å². The van der Waals surface area contributed by atoms with Crippen LogP contribution in [0.4, 0.5) is 36.4 Å². The summed E-state index contributed by atoms with van der Waals surface area (Å²) in [6.07, 6.45) is -5.30. The number of hydrogen-bond donors (Lipinski definition) is 3. The highest BCUT2D eigenvalue weighted by atomic mass is 127. The molecule has 0 fully saturated rings. The van der Waals surface area contributed by atoms with E-state index >= 15 is 0 Å². The van der Waals surface area contributed by atoms with Gasteiger partial charge in [-0.05, 0) is 70.6 Å². The van der Waals surface area contributed by atoms with Gasteiger partial charge >= 0.3 is 18.0 Å². The zero-order valence-corrected chi connectivity index (χ0v) is 24.0. The summed E-state index contributed by atoms with van der Waals surface area (Å²) in [5.74, 6) is -11.0. The molecule has 0 radical (unpaired) electrons. The first-order chi connectivity index (χ1) is 20.0. The molecule has 228 valence electrons. The maximum atomic E-state index is 14.0. The number of aromatic nitrogens is 7. The number of halogens is 9. The van der Waals surface area contributed by atoms with E-state index in [0.717, 1.165) is 10.7 Å². The number of hydrazine groups is 1. The lowest BCUT2D eigenvalue weighted by Gasteiger charge is -2.25. The molecule has 43 heavy (non-hydrogen) atoms. The van der Waals surface area contributed by atoms with E-state index < -0.39 is 42.2 Å². The molecule has 4 N–H and O–H groups in total. The molecule has 4 aromatic rings. The smallest absolute Gasteiger partial charge is 0.320 e. The summed E-state index contributed by atoms with van der Waals surface area (Å²) in [6.45, 7) is 0.886. The van der Waals surface area contributed by atoms with Gasteiger partial charge in [0, 0.05) is 9.77 Å². The zero-order valence-electron chi connectivity index (χ0n) is 21.1. The number of nitrogen functional groups attached to an aromatic ring is 1. The number of anilines is 1. The molecular formula is C22H15ClF7IN10O2. The van der Waals surface area contributed by atoms with Crippen LogP contribution in [-0.2, 0) is 12.5 Å². The van der Waals surface area contributed by atoms with Gasteiger partial charge in [-0.15, -0.1) is 10.2 Å². The van der Waals surface area contributed by atoms with Crippen LogP contribution in [0, 0.1) is 10.5 Å². The number of hydrogen-bond acceptors (Lipinski definition) is 8. The van der Waals surface area contributed by atoms with E-state index in [2.05, 4.69) is 30.8 Å². The third kappa shape index (κ3) is 6.11. The first-order valence-corrected chi connectivity index (χ1v) is 12.9. The van der Waals surface area contributed by atoms with Crippen molar-refractivity contribution in [2.24, 2.45) is 5.84 Å². The minimum Gasteiger partial charge on any atom is -0.320 e. The third-order valence-electron chi connectivity index (χ3n) is 5.63. The van der Waals surface area contributed by atoms with Gasteiger partial charge in [-0.3, -0.25) is 15.0 Å². The molecular weight excluding hydrogens is 732 g/mol. The summed E-state index contributed by atoms with van der Waals surface area (Å²) >= 11 is 8.17. The fourth-order valence-electron chi connectivity index (χ4n) is 3.61. The number of tetrazole rings is 1. The van der Waals surface area contributed by atoms with Gasteiger partial charge in [0.2, 0.25) is 0 Å². The maximum Gasteiger partial charge on any atom is 0.460 e. The fraction of sp³-hybridized carbons (Fsp3) is 0.227. The van der Waals surface area contributed by atoms with Crippen molar-refractivity contribution < 1.29 is 40.3 Å². The van der Waals surface area contributed by atoms with Crippen molar-refractivity contribution in [3.63, 3.8) is 0 Å². The Balaban J connectivity index is 1.73. The standard InChI is InChI=1S/C22H15ClF7IN10O2/c1-9-5-10(31)6-12(17(42)35-32)15(9)34-18(43)14-7-11(37-41(14)16-13(23)3-2-4-33-16)8-40-38-19(36-39-40)20(24,25)21(26,27)22(28,29)30/h2-7H,8,32H2,1H3,(H,34,43)(H,35,42). The second-order valence-corrected chi connectivity index (χ2v) is 10.3. The molecule has 3 heterocycles. The lowest BCUT2D eigenvalue weighted by atomic mass is 10.1. The molecule has 4 rings (SSSR count). The van der Waals surface area contributed by atoms with E-state index in [9.17, 15) is 40.3 Å². The zero-order chi connectivity index (χ0) is 31.9. The Hall–Kier alpha value is -3.92. The highest BCUT2D eigenvalue weighted by molar-refractivity contribution is 14.1. The number of benzene rings is 1. The van der Waals surface area contributed by atoms with Gasteiger partial charge in [-0.1, -0.05) is 11.6 Å². The normalized spacial score (nSPS) is 12.3. The highest BCUT2D eigenvalue weighted by Gasteiger charge is 2.75. The Bertz CT molecular complexity index is 1710. The van der Waals surface area contributed by atoms with Crippen molar-refractivity contribution in [2.45, 2.75) is 31.5 Å². The van der Waals surface area contributed by atoms with E-state index in [-0.39, 0.29) is 38.3 Å². The molecule has 1 aromatic carbocycles. The Labute approximate surface area is 253 Å². The van der Waals surface area contributed by atoms with Gasteiger partial charge in [0.15, 0.2) is 5.82 Å². The Morgan fingerprint density at radius 2 is 1.77 bits per heavy atom. The van der Waals surface area contributed by atoms with Crippen LogP contribution in [0.5, 0.6) is 0 Å². The summed E-state index contributed by atoms with van der Waals surface area (Å²) in [5, 5.41) is 15.5. The number of nitrogens with one attached hydrogen (secondary N) is 2. The van der Waals surface area contributed by atoms with Crippen molar-refractivity contribution in [3.8, 4) is 5.82 Å². The first kappa shape index (κ1) is 32.0. The quantitative estimate of drug-likeness (QED) is 0.0803. The number of pyridine rings is 1. The van der Waals surface area contributed by atoms with Gasteiger partial charge in [-0.2, -0.15) is 40.6 Å². The van der Waals surface area contributed by atoms with E-state index in [1.807, 2.05) is 28.0 Å². The monoisotopic (exact) mass is 746 g/mol. The molecule has 0 unspecified atom stereocenters. The first-order valence-electron chi connectivity index (χ1n) is 11.4. The fourth-order valence-corrected chi connectivity index (χ4v) is 4.59. The lowest BCUT2D eigenvalue weighted by molar-refractivity contribution is -0.361. The second kappa shape index (κ2) is 11.6. The van der Waals surface area contributed by atoms with Crippen LogP contribution in [0.25, 0.3) is 5.82 Å². The Morgan fingerprint density at radius 1 is 1.07 bits per heavy atom. The number of rotatable bonds is 8. The summed E-state index contributed by atoms with van der Waals surface area (Å²) in [7, 11) is 0. The number of amides is 2. The van der Waals surface area contributed by atoms with Crippen molar-refractivity contribution in [3.05, 3.63) is 73.5 Å². The van der Waals surface area contributed by atoms with Crippen LogP contribution in [0.15, 0.2) is 36.5 Å². The minimum atomic E-state index is -6.61. The molecule has 0 bridgehead atoms. The van der Waals surface area contributed by atoms with Gasteiger partial charge in [-0.25, -0.2) is 15.5 Å². The molecule has 0 spiro atoms. The molecule has 0 atom stereocenters. The van der Waals surface area contributed by atoms with Gasteiger partial charge < -0.3 is 5.32 Å². The molecule has 0 aliphatic carbocycles. The SMILES string of the molecule is Cc1cc(I)cc(C(=O)NN)c1NC(=O)c1cc(Cn2nnc(C(F)(F)C(F)(F)C(F)(F)F)n2)nn1-c1ncccc1Cl. The van der Waals surface area contributed by atoms with Crippen LogP contribution < -0.4 is 16.6 Å². The molecule has 0 saturated carbocycles. The summed E-state index contributed by atoms with van der Waals surface area (Å²) in [5.41, 5.74) is 2.07. The largest absolute Gasteiger partial charge is 0.460 e. The Kier molecular flexibility index (Phi) is 8.66. The number of carbonyl (C=O) groups is 2. The molecule has 21 heteroatoms. The summed E-state index contributed by atoms with van der Waals surface area (Å²) < 4.78 is 94.2. The highest BCUT2D eigenvalue weighted by Crippen LogP contribution is 2.50. The molecule has 0 saturated heterocycles. The van der Waals surface area contributed by atoms with Crippen molar-refractivity contribution in [1.29, 1.82) is 0 Å². The van der Waals surface area contributed by atoms with Gasteiger partial charge in [0.05, 0.1) is 22.0 Å². The van der Waals surface area contributed by atoms with Crippen LogP contribution in [-0.4, -0.2) is 58.9 Å². The number of aryl methyl sites for hydroxylation is 1. The topological polar surface area (TPSA) is 159 Å². The molecule has 12 nitrogen and oxygen atoms in total. The van der Waals surface area contributed by atoms with Crippen molar-refractivity contribution in [1.82, 2.24) is 40.4 Å². The Morgan fingerprint density at radius 3 is 2.40 bits per heavy atom. The number of nitrogens with zero attached hydrogens (tertiary/aromatic N) is 7. The van der Waals surface area contributed by atoms with Crippen LogP contribution in [0.1, 0.15) is 37.9 Å². The third-order valence-corrected chi connectivity index (χ3v) is 6.55. The molecule has 3 aromatic heterocycles. The minimum absolute atomic E-state index is 0.00929. The molecule has 2 amide bonds.